The van der Waals surface area contributed by atoms with Crippen LogP contribution in [0.5, 0.6) is 0 Å². The Hall–Kier alpha value is -1.91. The summed E-state index contributed by atoms with van der Waals surface area (Å²) in [5.74, 6) is -2.04. The number of rotatable bonds is 4. The van der Waals surface area contributed by atoms with Gasteiger partial charge in [0, 0.05) is 6.54 Å². The fraction of sp³-hybridized carbons (Fsp3) is 0.467. The van der Waals surface area contributed by atoms with Gasteiger partial charge in [0.05, 0.1) is 11.0 Å². The summed E-state index contributed by atoms with van der Waals surface area (Å²) in [5.41, 5.74) is -0.956. The van der Waals surface area contributed by atoms with E-state index < -0.39 is 23.1 Å². The van der Waals surface area contributed by atoms with Crippen LogP contribution in [0, 0.1) is 11.2 Å². The third-order valence-corrected chi connectivity index (χ3v) is 3.97. The minimum absolute atomic E-state index is 0.0511. The summed E-state index contributed by atoms with van der Waals surface area (Å²) in [6.45, 7) is 0.0511. The maximum Gasteiger partial charge on any atom is 0.311 e. The molecule has 0 heterocycles. The zero-order valence-corrected chi connectivity index (χ0v) is 11.2. The van der Waals surface area contributed by atoms with E-state index >= 15 is 0 Å². The van der Waals surface area contributed by atoms with E-state index in [-0.39, 0.29) is 12.1 Å². The molecule has 1 saturated carbocycles. The number of carbonyl (C=O) groups excluding carboxylic acids is 1. The van der Waals surface area contributed by atoms with E-state index in [9.17, 15) is 19.1 Å². The van der Waals surface area contributed by atoms with Gasteiger partial charge in [-0.15, -0.1) is 0 Å². The molecule has 0 aliphatic heterocycles. The lowest BCUT2D eigenvalue weighted by atomic mass is 9.74. The van der Waals surface area contributed by atoms with Crippen molar-refractivity contribution in [1.82, 2.24) is 5.32 Å². The summed E-state index contributed by atoms with van der Waals surface area (Å²) in [5, 5.41) is 12.0. The van der Waals surface area contributed by atoms with Crippen molar-refractivity contribution < 1.29 is 19.1 Å². The molecular formula is C15H18FNO3. The van der Waals surface area contributed by atoms with Gasteiger partial charge >= 0.3 is 5.97 Å². The first-order valence-electron chi connectivity index (χ1n) is 6.81. The van der Waals surface area contributed by atoms with Crippen molar-refractivity contribution in [3.8, 4) is 0 Å². The van der Waals surface area contributed by atoms with Gasteiger partial charge in [0.25, 0.3) is 5.91 Å². The Balaban J connectivity index is 2.05. The van der Waals surface area contributed by atoms with Crippen LogP contribution in [0.2, 0.25) is 0 Å². The molecular weight excluding hydrogens is 261 g/mol. The summed E-state index contributed by atoms with van der Waals surface area (Å²) in [4.78, 5) is 23.4. The van der Waals surface area contributed by atoms with Gasteiger partial charge < -0.3 is 10.4 Å². The summed E-state index contributed by atoms with van der Waals surface area (Å²) in [6.07, 6.45) is 3.83. The molecule has 1 aromatic rings. The highest BCUT2D eigenvalue weighted by atomic mass is 19.1. The minimum atomic E-state index is -0.904. The van der Waals surface area contributed by atoms with Crippen LogP contribution in [-0.2, 0) is 4.79 Å². The van der Waals surface area contributed by atoms with Crippen LogP contribution in [-0.4, -0.2) is 23.5 Å². The Labute approximate surface area is 117 Å². The minimum Gasteiger partial charge on any atom is -0.481 e. The number of hydrogen-bond donors (Lipinski definition) is 2. The lowest BCUT2D eigenvalue weighted by Gasteiger charge is -2.33. The predicted octanol–water partition coefficient (Wildman–Crippen LogP) is 2.59. The van der Waals surface area contributed by atoms with Crippen LogP contribution >= 0.6 is 0 Å². The molecule has 1 aliphatic carbocycles. The quantitative estimate of drug-likeness (QED) is 0.890. The summed E-state index contributed by atoms with van der Waals surface area (Å²) >= 11 is 0. The molecule has 4 nitrogen and oxygen atoms in total. The Kier molecular flexibility index (Phi) is 4.37. The molecule has 0 unspecified atom stereocenters. The van der Waals surface area contributed by atoms with E-state index in [0.29, 0.717) is 12.8 Å². The number of carboxylic acids is 1. The molecule has 1 aromatic carbocycles. The van der Waals surface area contributed by atoms with Crippen LogP contribution in [0.1, 0.15) is 42.5 Å². The highest BCUT2D eigenvalue weighted by molar-refractivity contribution is 5.94. The summed E-state index contributed by atoms with van der Waals surface area (Å²) in [7, 11) is 0. The first-order chi connectivity index (χ1) is 9.55. The lowest BCUT2D eigenvalue weighted by Crippen LogP contribution is -2.44. The molecule has 0 saturated heterocycles. The predicted molar refractivity (Wildman–Crippen MR) is 71.9 cm³/mol. The molecule has 108 valence electrons. The fourth-order valence-corrected chi connectivity index (χ4v) is 2.68. The van der Waals surface area contributed by atoms with E-state index in [2.05, 4.69) is 5.32 Å². The second-order valence-corrected chi connectivity index (χ2v) is 5.31. The molecule has 0 spiro atoms. The Morgan fingerprint density at radius 1 is 1.20 bits per heavy atom. The van der Waals surface area contributed by atoms with Crippen LogP contribution in [0.25, 0.3) is 0 Å². The number of halogens is 1. The van der Waals surface area contributed by atoms with Gasteiger partial charge in [-0.3, -0.25) is 9.59 Å². The highest BCUT2D eigenvalue weighted by Crippen LogP contribution is 2.36. The monoisotopic (exact) mass is 279 g/mol. The van der Waals surface area contributed by atoms with E-state index in [1.807, 2.05) is 0 Å². The van der Waals surface area contributed by atoms with E-state index in [1.165, 1.54) is 18.2 Å². The number of hydrogen-bond acceptors (Lipinski definition) is 2. The average molecular weight is 279 g/mol. The Bertz CT molecular complexity index is 510. The zero-order chi connectivity index (χ0) is 14.6. The average Bonchev–Trinajstić information content (AvgIpc) is 2.46. The Morgan fingerprint density at radius 3 is 2.45 bits per heavy atom. The van der Waals surface area contributed by atoms with Crippen molar-refractivity contribution in [3.05, 3.63) is 35.6 Å². The van der Waals surface area contributed by atoms with Crippen molar-refractivity contribution in [2.24, 2.45) is 5.41 Å². The molecule has 2 rings (SSSR count). The summed E-state index contributed by atoms with van der Waals surface area (Å²) < 4.78 is 13.5. The Morgan fingerprint density at radius 2 is 1.85 bits per heavy atom. The molecule has 1 fully saturated rings. The van der Waals surface area contributed by atoms with Crippen LogP contribution < -0.4 is 5.32 Å². The molecule has 2 N–H and O–H groups in total. The van der Waals surface area contributed by atoms with Gasteiger partial charge in [0.1, 0.15) is 5.82 Å². The smallest absolute Gasteiger partial charge is 0.311 e. The number of benzene rings is 1. The van der Waals surface area contributed by atoms with Crippen molar-refractivity contribution in [3.63, 3.8) is 0 Å². The standard InChI is InChI=1S/C15H18FNO3/c16-12-7-3-2-6-11(12)13(18)17-10-15(14(19)20)8-4-1-5-9-15/h2-3,6-7H,1,4-5,8-10H2,(H,17,18)(H,19,20). The number of aliphatic carboxylic acids is 1. The molecule has 1 amide bonds. The molecule has 5 heteroatoms. The normalized spacial score (nSPS) is 17.4. The fourth-order valence-electron chi connectivity index (χ4n) is 2.68. The molecule has 0 atom stereocenters. The maximum absolute atomic E-state index is 13.5. The van der Waals surface area contributed by atoms with E-state index in [0.717, 1.165) is 19.3 Å². The van der Waals surface area contributed by atoms with Gasteiger partial charge in [-0.25, -0.2) is 4.39 Å². The van der Waals surface area contributed by atoms with Crippen molar-refractivity contribution in [2.45, 2.75) is 32.1 Å². The van der Waals surface area contributed by atoms with E-state index in [4.69, 9.17) is 0 Å². The van der Waals surface area contributed by atoms with Gasteiger partial charge in [-0.2, -0.15) is 0 Å². The molecule has 0 aromatic heterocycles. The first-order valence-corrected chi connectivity index (χ1v) is 6.81. The number of carbonyl (C=O) groups is 2. The first kappa shape index (κ1) is 14.5. The number of carboxylic acid groups (broad SMARTS) is 1. The molecule has 20 heavy (non-hydrogen) atoms. The number of nitrogens with one attached hydrogen (secondary N) is 1. The lowest BCUT2D eigenvalue weighted by molar-refractivity contribution is -0.150. The third kappa shape index (κ3) is 2.98. The molecule has 0 radical (unpaired) electrons. The second kappa shape index (κ2) is 6.03. The maximum atomic E-state index is 13.5. The highest BCUT2D eigenvalue weighted by Gasteiger charge is 2.39. The summed E-state index contributed by atoms with van der Waals surface area (Å²) in [6, 6.07) is 5.68. The largest absolute Gasteiger partial charge is 0.481 e. The number of amides is 1. The van der Waals surface area contributed by atoms with Gasteiger partial charge in [-0.05, 0) is 25.0 Å². The van der Waals surface area contributed by atoms with Gasteiger partial charge in [0.2, 0.25) is 0 Å². The van der Waals surface area contributed by atoms with Crippen LogP contribution in [0.15, 0.2) is 24.3 Å². The van der Waals surface area contributed by atoms with Crippen molar-refractivity contribution in [1.29, 1.82) is 0 Å². The van der Waals surface area contributed by atoms with Crippen molar-refractivity contribution >= 4 is 11.9 Å². The molecule has 0 bridgehead atoms. The van der Waals surface area contributed by atoms with E-state index in [1.54, 1.807) is 6.07 Å². The molecule has 1 aliphatic rings. The van der Waals surface area contributed by atoms with Crippen LogP contribution in [0.3, 0.4) is 0 Å². The zero-order valence-electron chi connectivity index (χ0n) is 11.2. The van der Waals surface area contributed by atoms with Gasteiger partial charge in [-0.1, -0.05) is 31.4 Å². The SMILES string of the molecule is O=C(NCC1(C(=O)O)CCCCC1)c1ccccc1F. The second-order valence-electron chi connectivity index (χ2n) is 5.31. The third-order valence-electron chi connectivity index (χ3n) is 3.97. The van der Waals surface area contributed by atoms with Crippen molar-refractivity contribution in [2.75, 3.05) is 6.54 Å². The van der Waals surface area contributed by atoms with Crippen LogP contribution in [0.4, 0.5) is 4.39 Å². The topological polar surface area (TPSA) is 66.4 Å². The van der Waals surface area contributed by atoms with Gasteiger partial charge in [0.15, 0.2) is 0 Å².